The molecule has 3 heteroatoms. The zero-order valence-electron chi connectivity index (χ0n) is 10.5. The Labute approximate surface area is 97.5 Å². The van der Waals surface area contributed by atoms with Crippen LogP contribution in [-0.4, -0.2) is 20.5 Å². The molecule has 16 heavy (non-hydrogen) atoms. The summed E-state index contributed by atoms with van der Waals surface area (Å²) in [6, 6.07) is 0. The number of rotatable bonds is 2. The van der Waals surface area contributed by atoms with E-state index in [0.29, 0.717) is 11.8 Å². The molecule has 3 unspecified atom stereocenters. The van der Waals surface area contributed by atoms with Crippen molar-refractivity contribution in [2.24, 2.45) is 18.9 Å². The molecule has 0 bridgehead atoms. The Morgan fingerprint density at radius 3 is 2.94 bits per heavy atom. The predicted octanol–water partition coefficient (Wildman–Crippen LogP) is 2.15. The smallest absolute Gasteiger partial charge is 0.0717 e. The van der Waals surface area contributed by atoms with Gasteiger partial charge >= 0.3 is 0 Å². The maximum atomic E-state index is 10.7. The molecule has 1 saturated carbocycles. The van der Waals surface area contributed by atoms with Gasteiger partial charge in [0.25, 0.3) is 0 Å². The summed E-state index contributed by atoms with van der Waals surface area (Å²) < 4.78 is 1.80. The van der Waals surface area contributed by atoms with Crippen LogP contribution >= 0.6 is 0 Å². The van der Waals surface area contributed by atoms with E-state index in [-0.39, 0.29) is 0 Å². The molecule has 3 atom stereocenters. The monoisotopic (exact) mass is 222 g/mol. The fraction of sp³-hybridized carbons (Fsp3) is 0.769. The van der Waals surface area contributed by atoms with Gasteiger partial charge in [-0.1, -0.05) is 26.7 Å². The first kappa shape index (κ1) is 11.6. The zero-order chi connectivity index (χ0) is 11.8. The van der Waals surface area contributed by atoms with E-state index in [4.69, 9.17) is 0 Å². The van der Waals surface area contributed by atoms with Crippen LogP contribution in [0.25, 0.3) is 0 Å². The Morgan fingerprint density at radius 2 is 2.31 bits per heavy atom. The lowest BCUT2D eigenvalue weighted by Crippen LogP contribution is -2.44. The molecule has 1 N–H and O–H groups in total. The summed E-state index contributed by atoms with van der Waals surface area (Å²) in [6.45, 7) is 4.43. The second-order valence-electron chi connectivity index (χ2n) is 5.46. The fourth-order valence-electron chi connectivity index (χ4n) is 2.90. The molecule has 1 fully saturated rings. The molecule has 0 radical (unpaired) electrons. The van der Waals surface area contributed by atoms with Crippen molar-refractivity contribution in [2.75, 3.05) is 0 Å². The van der Waals surface area contributed by atoms with Gasteiger partial charge in [0.2, 0.25) is 0 Å². The van der Waals surface area contributed by atoms with Gasteiger partial charge in [-0.3, -0.25) is 4.68 Å². The average molecular weight is 222 g/mol. The lowest BCUT2D eigenvalue weighted by molar-refractivity contribution is -0.0621. The van der Waals surface area contributed by atoms with E-state index in [9.17, 15) is 5.11 Å². The summed E-state index contributed by atoms with van der Waals surface area (Å²) in [6.07, 6.45) is 7.92. The number of nitrogens with zero attached hydrogens (tertiary/aromatic N) is 2. The minimum Gasteiger partial charge on any atom is -0.389 e. The maximum Gasteiger partial charge on any atom is 0.0717 e. The Hall–Kier alpha value is -0.830. The van der Waals surface area contributed by atoms with Crippen LogP contribution < -0.4 is 0 Å². The van der Waals surface area contributed by atoms with Crippen molar-refractivity contribution in [3.05, 3.63) is 18.0 Å². The molecule has 0 spiro atoms. The van der Waals surface area contributed by atoms with Crippen LogP contribution in [0.1, 0.15) is 38.7 Å². The van der Waals surface area contributed by atoms with Crippen LogP contribution in [-0.2, 0) is 13.5 Å². The van der Waals surface area contributed by atoms with E-state index >= 15 is 0 Å². The van der Waals surface area contributed by atoms with Gasteiger partial charge in [-0.05, 0) is 23.8 Å². The van der Waals surface area contributed by atoms with Gasteiger partial charge in [0.15, 0.2) is 0 Å². The minimum absolute atomic E-state index is 0.376. The number of hydrogen-bond donors (Lipinski definition) is 1. The van der Waals surface area contributed by atoms with Crippen LogP contribution in [0.4, 0.5) is 0 Å². The molecule has 1 heterocycles. The van der Waals surface area contributed by atoms with Gasteiger partial charge in [-0.2, -0.15) is 5.10 Å². The van der Waals surface area contributed by atoms with Crippen molar-refractivity contribution in [1.29, 1.82) is 0 Å². The molecular weight excluding hydrogens is 200 g/mol. The lowest BCUT2D eigenvalue weighted by Gasteiger charge is -2.42. The molecule has 1 aromatic rings. The van der Waals surface area contributed by atoms with Crippen LogP contribution in [0.5, 0.6) is 0 Å². The standard InChI is InChI=1S/C13H22N2O/c1-10-5-4-6-13(16,11(10)2)7-12-8-14-15(3)9-12/h8-11,16H,4-7H2,1-3H3. The van der Waals surface area contributed by atoms with E-state index in [1.54, 1.807) is 4.68 Å². The van der Waals surface area contributed by atoms with Crippen LogP contribution in [0.2, 0.25) is 0 Å². The Balaban J connectivity index is 2.12. The highest BCUT2D eigenvalue weighted by Gasteiger charge is 2.39. The van der Waals surface area contributed by atoms with Crippen LogP contribution in [0.15, 0.2) is 12.4 Å². The number of hydrogen-bond acceptors (Lipinski definition) is 2. The van der Waals surface area contributed by atoms with Gasteiger partial charge in [-0.15, -0.1) is 0 Å². The minimum atomic E-state index is -0.527. The quantitative estimate of drug-likeness (QED) is 0.832. The van der Waals surface area contributed by atoms with Crippen molar-refractivity contribution in [2.45, 2.75) is 45.1 Å². The number of aromatic nitrogens is 2. The van der Waals surface area contributed by atoms with Crippen molar-refractivity contribution in [3.8, 4) is 0 Å². The summed E-state index contributed by atoms with van der Waals surface area (Å²) >= 11 is 0. The molecule has 0 saturated heterocycles. The normalized spacial score (nSPS) is 35.2. The summed E-state index contributed by atoms with van der Waals surface area (Å²) in [5.41, 5.74) is 0.617. The highest BCUT2D eigenvalue weighted by molar-refractivity contribution is 5.10. The molecule has 0 amide bonds. The van der Waals surface area contributed by atoms with Crippen LogP contribution in [0.3, 0.4) is 0 Å². The maximum absolute atomic E-state index is 10.7. The molecule has 3 nitrogen and oxygen atoms in total. The van der Waals surface area contributed by atoms with Gasteiger partial charge in [0, 0.05) is 19.7 Å². The Kier molecular flexibility index (Phi) is 3.06. The first-order valence-corrected chi connectivity index (χ1v) is 6.21. The van der Waals surface area contributed by atoms with Crippen molar-refractivity contribution in [1.82, 2.24) is 9.78 Å². The first-order valence-electron chi connectivity index (χ1n) is 6.21. The second kappa shape index (κ2) is 4.21. The summed E-state index contributed by atoms with van der Waals surface area (Å²) in [5.74, 6) is 0.997. The molecule has 90 valence electrons. The number of aryl methyl sites for hydroxylation is 1. The van der Waals surface area contributed by atoms with Crippen molar-refractivity contribution in [3.63, 3.8) is 0 Å². The van der Waals surface area contributed by atoms with E-state index in [1.165, 1.54) is 6.42 Å². The van der Waals surface area contributed by atoms with Crippen molar-refractivity contribution >= 4 is 0 Å². The summed E-state index contributed by atoms with van der Waals surface area (Å²) in [5, 5.41) is 14.9. The van der Waals surface area contributed by atoms with E-state index in [2.05, 4.69) is 18.9 Å². The third-order valence-electron chi connectivity index (χ3n) is 4.24. The Morgan fingerprint density at radius 1 is 1.56 bits per heavy atom. The first-order chi connectivity index (χ1) is 7.51. The molecule has 0 aliphatic heterocycles. The molecular formula is C13H22N2O. The zero-order valence-corrected chi connectivity index (χ0v) is 10.5. The topological polar surface area (TPSA) is 38.1 Å². The number of aliphatic hydroxyl groups is 1. The molecule has 1 aromatic heterocycles. The fourth-order valence-corrected chi connectivity index (χ4v) is 2.90. The average Bonchev–Trinajstić information content (AvgIpc) is 2.60. The predicted molar refractivity (Wildman–Crippen MR) is 64.0 cm³/mol. The largest absolute Gasteiger partial charge is 0.389 e. The molecule has 1 aliphatic carbocycles. The van der Waals surface area contributed by atoms with Gasteiger partial charge in [0.05, 0.1) is 11.8 Å². The molecule has 2 rings (SSSR count). The van der Waals surface area contributed by atoms with Gasteiger partial charge < -0.3 is 5.11 Å². The molecule has 1 aliphatic rings. The highest BCUT2D eigenvalue weighted by Crippen LogP contribution is 2.39. The SMILES string of the molecule is CC1CCCC(O)(Cc2cnn(C)c2)C1C. The van der Waals surface area contributed by atoms with Crippen LogP contribution in [0, 0.1) is 11.8 Å². The van der Waals surface area contributed by atoms with E-state index in [0.717, 1.165) is 24.8 Å². The van der Waals surface area contributed by atoms with E-state index in [1.807, 2.05) is 19.4 Å². The van der Waals surface area contributed by atoms with Gasteiger partial charge in [0.1, 0.15) is 0 Å². The molecule has 0 aromatic carbocycles. The van der Waals surface area contributed by atoms with Crippen molar-refractivity contribution < 1.29 is 5.11 Å². The Bertz CT molecular complexity index is 361. The third kappa shape index (κ3) is 2.14. The van der Waals surface area contributed by atoms with Gasteiger partial charge in [-0.25, -0.2) is 0 Å². The summed E-state index contributed by atoms with van der Waals surface area (Å²) in [4.78, 5) is 0. The third-order valence-corrected chi connectivity index (χ3v) is 4.24. The highest BCUT2D eigenvalue weighted by atomic mass is 16.3. The van der Waals surface area contributed by atoms with E-state index < -0.39 is 5.60 Å². The summed E-state index contributed by atoms with van der Waals surface area (Å²) in [7, 11) is 1.92. The second-order valence-corrected chi connectivity index (χ2v) is 5.46. The lowest BCUT2D eigenvalue weighted by atomic mass is 9.68.